The van der Waals surface area contributed by atoms with E-state index in [0.29, 0.717) is 23.5 Å². The fourth-order valence-electron chi connectivity index (χ4n) is 7.98. The average molecular weight is 323 g/mol. The van der Waals surface area contributed by atoms with Crippen molar-refractivity contribution in [2.45, 2.75) is 58.8 Å². The quantitative estimate of drug-likeness (QED) is 0.698. The minimum absolute atomic E-state index is 0.280. The third-order valence-electron chi connectivity index (χ3n) is 8.92. The summed E-state index contributed by atoms with van der Waals surface area (Å²) in [5, 5.41) is 9.81. The second-order valence-corrected chi connectivity index (χ2v) is 9.68. The Balaban J connectivity index is 1.55. The number of carbonyl (C=O) groups is 1. The summed E-state index contributed by atoms with van der Waals surface area (Å²) in [6.07, 6.45) is 10.2. The molecule has 2 heteroatoms. The maximum atomic E-state index is 11.9. The van der Waals surface area contributed by atoms with Gasteiger partial charge in [0.25, 0.3) is 0 Å². The van der Waals surface area contributed by atoms with Gasteiger partial charge in [0.1, 0.15) is 0 Å². The predicted molar refractivity (Wildman–Crippen MR) is 92.7 cm³/mol. The van der Waals surface area contributed by atoms with Crippen LogP contribution in [-0.2, 0) is 4.79 Å². The highest BCUT2D eigenvalue weighted by molar-refractivity contribution is 5.91. The standard InChI is InChI=1S/C22H29NO/c1-3-12-8-13-9-14(24)4-5-15(13)16-6-7-22(2)19(11-23)17-10-18(17)21(22)20(12)16/h9,12,15-21H,3-8,10H2,1-2H3. The molecule has 0 N–H and O–H groups in total. The van der Waals surface area contributed by atoms with Crippen molar-refractivity contribution in [3.8, 4) is 6.07 Å². The van der Waals surface area contributed by atoms with Crippen LogP contribution in [0.2, 0.25) is 0 Å². The normalized spacial score (nSPS) is 54.7. The van der Waals surface area contributed by atoms with Gasteiger partial charge in [-0.1, -0.05) is 25.8 Å². The van der Waals surface area contributed by atoms with Gasteiger partial charge in [0.05, 0.1) is 12.0 Å². The minimum Gasteiger partial charge on any atom is -0.295 e. The lowest BCUT2D eigenvalue weighted by molar-refractivity contribution is -0.116. The van der Waals surface area contributed by atoms with Crippen LogP contribution in [0.5, 0.6) is 0 Å². The lowest BCUT2D eigenvalue weighted by Crippen LogP contribution is -2.51. The molecule has 5 rings (SSSR count). The van der Waals surface area contributed by atoms with Crippen LogP contribution in [0, 0.1) is 64.1 Å². The summed E-state index contributed by atoms with van der Waals surface area (Å²) in [6, 6.07) is 2.73. The van der Waals surface area contributed by atoms with E-state index in [4.69, 9.17) is 0 Å². The number of nitrogens with zero attached hydrogens (tertiary/aromatic N) is 1. The molecular formula is C22H29NO. The Bertz CT molecular complexity index is 657. The van der Waals surface area contributed by atoms with Gasteiger partial charge in [0.2, 0.25) is 0 Å². The SMILES string of the molecule is CCC1CC2=CC(=O)CCC2C2CCC3(C)C(C#N)C4CC4C3C12. The summed E-state index contributed by atoms with van der Waals surface area (Å²) in [7, 11) is 0. The molecule has 0 spiro atoms. The number of allylic oxidation sites excluding steroid dienone is 1. The van der Waals surface area contributed by atoms with E-state index in [1.54, 1.807) is 0 Å². The molecule has 5 aliphatic rings. The van der Waals surface area contributed by atoms with E-state index >= 15 is 0 Å². The smallest absolute Gasteiger partial charge is 0.155 e. The molecule has 0 saturated heterocycles. The van der Waals surface area contributed by atoms with Crippen molar-refractivity contribution < 1.29 is 4.79 Å². The fourth-order valence-corrected chi connectivity index (χ4v) is 7.98. The first-order valence-corrected chi connectivity index (χ1v) is 10.2. The van der Waals surface area contributed by atoms with E-state index in [0.717, 1.165) is 48.9 Å². The van der Waals surface area contributed by atoms with E-state index in [2.05, 4.69) is 19.9 Å². The average Bonchev–Trinajstić information content (AvgIpc) is 3.28. The third kappa shape index (κ3) is 1.80. The highest BCUT2D eigenvalue weighted by Gasteiger charge is 2.70. The largest absolute Gasteiger partial charge is 0.295 e. The van der Waals surface area contributed by atoms with E-state index in [1.807, 2.05) is 6.08 Å². The number of ketones is 1. The molecule has 2 nitrogen and oxygen atoms in total. The molecule has 9 unspecified atom stereocenters. The Kier molecular flexibility index (Phi) is 3.14. The van der Waals surface area contributed by atoms with Gasteiger partial charge in [-0.25, -0.2) is 0 Å². The molecule has 24 heavy (non-hydrogen) atoms. The number of hydrogen-bond acceptors (Lipinski definition) is 2. The topological polar surface area (TPSA) is 40.9 Å². The highest BCUT2D eigenvalue weighted by atomic mass is 16.1. The maximum absolute atomic E-state index is 11.9. The fraction of sp³-hybridized carbons (Fsp3) is 0.818. The van der Waals surface area contributed by atoms with Gasteiger partial charge in [-0.05, 0) is 85.0 Å². The predicted octanol–water partition coefficient (Wildman–Crippen LogP) is 4.76. The molecule has 9 atom stereocenters. The zero-order valence-corrected chi connectivity index (χ0v) is 15.0. The van der Waals surface area contributed by atoms with Crippen molar-refractivity contribution in [1.29, 1.82) is 5.26 Å². The first-order chi connectivity index (χ1) is 11.6. The molecule has 0 aromatic heterocycles. The van der Waals surface area contributed by atoms with Crippen molar-refractivity contribution in [3.63, 3.8) is 0 Å². The van der Waals surface area contributed by atoms with Gasteiger partial charge in [-0.15, -0.1) is 0 Å². The number of rotatable bonds is 1. The summed E-state index contributed by atoms with van der Waals surface area (Å²) < 4.78 is 0. The van der Waals surface area contributed by atoms with Gasteiger partial charge < -0.3 is 0 Å². The van der Waals surface area contributed by atoms with Crippen molar-refractivity contribution >= 4 is 5.78 Å². The Morgan fingerprint density at radius 2 is 2.12 bits per heavy atom. The second-order valence-electron chi connectivity index (χ2n) is 9.68. The van der Waals surface area contributed by atoms with Gasteiger partial charge in [0.15, 0.2) is 5.78 Å². The summed E-state index contributed by atoms with van der Waals surface area (Å²) >= 11 is 0. The molecule has 5 aliphatic carbocycles. The lowest BCUT2D eigenvalue weighted by Gasteiger charge is -2.57. The number of carbonyl (C=O) groups excluding carboxylic acids is 1. The van der Waals surface area contributed by atoms with Crippen LogP contribution < -0.4 is 0 Å². The zero-order valence-electron chi connectivity index (χ0n) is 15.0. The molecule has 0 aliphatic heterocycles. The van der Waals surface area contributed by atoms with Crippen LogP contribution in [0.3, 0.4) is 0 Å². The Morgan fingerprint density at radius 3 is 2.88 bits per heavy atom. The Morgan fingerprint density at radius 1 is 1.29 bits per heavy atom. The molecule has 0 amide bonds. The summed E-state index contributed by atoms with van der Waals surface area (Å²) in [5.41, 5.74) is 1.77. The Labute approximate surface area is 145 Å². The monoisotopic (exact) mass is 323 g/mol. The first-order valence-electron chi connectivity index (χ1n) is 10.2. The molecule has 0 aromatic rings. The third-order valence-corrected chi connectivity index (χ3v) is 8.92. The maximum Gasteiger partial charge on any atom is 0.155 e. The summed E-state index contributed by atoms with van der Waals surface area (Å²) in [5.74, 6) is 6.06. The van der Waals surface area contributed by atoms with E-state index < -0.39 is 0 Å². The van der Waals surface area contributed by atoms with Crippen molar-refractivity contribution in [3.05, 3.63) is 11.6 Å². The lowest BCUT2D eigenvalue weighted by atomic mass is 9.47. The van der Waals surface area contributed by atoms with E-state index in [9.17, 15) is 10.1 Å². The molecule has 4 fully saturated rings. The van der Waals surface area contributed by atoms with Crippen LogP contribution >= 0.6 is 0 Å². The van der Waals surface area contributed by atoms with E-state index in [-0.39, 0.29) is 5.41 Å². The van der Waals surface area contributed by atoms with Gasteiger partial charge in [0, 0.05) is 6.42 Å². The van der Waals surface area contributed by atoms with Gasteiger partial charge in [-0.3, -0.25) is 4.79 Å². The molecule has 0 aromatic carbocycles. The molecule has 4 saturated carbocycles. The van der Waals surface area contributed by atoms with Crippen LogP contribution in [0.15, 0.2) is 11.6 Å². The number of hydrogen-bond donors (Lipinski definition) is 0. The molecule has 0 bridgehead atoms. The molecular weight excluding hydrogens is 294 g/mol. The van der Waals surface area contributed by atoms with Crippen LogP contribution in [0.1, 0.15) is 58.8 Å². The van der Waals surface area contributed by atoms with Crippen molar-refractivity contribution in [1.82, 2.24) is 0 Å². The molecule has 128 valence electrons. The highest BCUT2D eigenvalue weighted by Crippen LogP contribution is 2.75. The second kappa shape index (κ2) is 4.96. The minimum atomic E-state index is 0.280. The van der Waals surface area contributed by atoms with Gasteiger partial charge in [-0.2, -0.15) is 5.26 Å². The van der Waals surface area contributed by atoms with Gasteiger partial charge >= 0.3 is 0 Å². The molecule has 0 heterocycles. The number of nitriles is 1. The zero-order chi connectivity index (χ0) is 16.6. The molecule has 0 radical (unpaired) electrons. The summed E-state index contributed by atoms with van der Waals surface area (Å²) in [4.78, 5) is 11.9. The van der Waals surface area contributed by atoms with Crippen molar-refractivity contribution in [2.24, 2.45) is 52.8 Å². The Hall–Kier alpha value is -1.10. The summed E-state index contributed by atoms with van der Waals surface area (Å²) in [6.45, 7) is 4.80. The first kappa shape index (κ1) is 15.2. The number of fused-ring (bicyclic) bond motifs is 7. The van der Waals surface area contributed by atoms with Crippen molar-refractivity contribution in [2.75, 3.05) is 0 Å². The van der Waals surface area contributed by atoms with Crippen LogP contribution in [0.4, 0.5) is 0 Å². The van der Waals surface area contributed by atoms with E-state index in [1.165, 1.54) is 31.3 Å². The van der Waals surface area contributed by atoms with Crippen LogP contribution in [-0.4, -0.2) is 5.78 Å². The van der Waals surface area contributed by atoms with Crippen LogP contribution in [0.25, 0.3) is 0 Å².